The summed E-state index contributed by atoms with van der Waals surface area (Å²) in [5.41, 5.74) is 3.89. The number of Topliss-reactive ketones (excluding diaryl/α,β-unsaturated/α-hetero) is 1. The molecule has 1 aliphatic rings. The molecule has 1 aliphatic heterocycles. The summed E-state index contributed by atoms with van der Waals surface area (Å²) >= 11 is 0. The van der Waals surface area contributed by atoms with Crippen molar-refractivity contribution in [2.75, 3.05) is 11.4 Å². The number of aryl methyl sites for hydroxylation is 2. The third-order valence-corrected chi connectivity index (χ3v) is 4.14. The molecule has 1 aromatic rings. The smallest absolute Gasteiger partial charge is 0.139 e. The van der Waals surface area contributed by atoms with Crippen LogP contribution in [0.5, 0.6) is 0 Å². The molecule has 0 saturated carbocycles. The SMILES string of the molecule is Cc1ccc(N2CCC(=O)C(C)C2C)cc1C. The molecular weight excluding hydrogens is 210 g/mol. The molecule has 0 aliphatic carbocycles. The number of carbonyl (C=O) groups is 1. The number of ketones is 1. The highest BCUT2D eigenvalue weighted by atomic mass is 16.1. The Morgan fingerprint density at radius 2 is 1.88 bits per heavy atom. The highest BCUT2D eigenvalue weighted by Crippen LogP contribution is 2.27. The second-order valence-corrected chi connectivity index (χ2v) is 5.21. The van der Waals surface area contributed by atoms with Crippen LogP contribution in [-0.4, -0.2) is 18.4 Å². The molecule has 0 aromatic heterocycles. The fourth-order valence-electron chi connectivity index (χ4n) is 2.47. The Kier molecular flexibility index (Phi) is 3.23. The van der Waals surface area contributed by atoms with Gasteiger partial charge in [0.1, 0.15) is 5.78 Å². The minimum atomic E-state index is 0.144. The van der Waals surface area contributed by atoms with Crippen molar-refractivity contribution >= 4 is 11.5 Å². The Balaban J connectivity index is 2.27. The molecule has 92 valence electrons. The molecule has 2 unspecified atom stereocenters. The van der Waals surface area contributed by atoms with Crippen molar-refractivity contribution in [3.63, 3.8) is 0 Å². The maximum atomic E-state index is 11.7. The van der Waals surface area contributed by atoms with Crippen LogP contribution in [0.25, 0.3) is 0 Å². The summed E-state index contributed by atoms with van der Waals surface area (Å²) in [6.45, 7) is 9.32. The summed E-state index contributed by atoms with van der Waals surface area (Å²) in [6, 6.07) is 6.87. The molecule has 2 rings (SSSR count). The molecule has 1 saturated heterocycles. The first-order valence-corrected chi connectivity index (χ1v) is 6.37. The van der Waals surface area contributed by atoms with Gasteiger partial charge < -0.3 is 4.90 Å². The van der Waals surface area contributed by atoms with E-state index in [1.807, 2.05) is 6.92 Å². The first-order valence-electron chi connectivity index (χ1n) is 6.37. The molecule has 1 fully saturated rings. The molecular formula is C15H21NO. The quantitative estimate of drug-likeness (QED) is 0.740. The molecule has 1 aromatic carbocycles. The van der Waals surface area contributed by atoms with Crippen LogP contribution >= 0.6 is 0 Å². The van der Waals surface area contributed by atoms with Gasteiger partial charge in [-0.2, -0.15) is 0 Å². The molecule has 0 bridgehead atoms. The summed E-state index contributed by atoms with van der Waals surface area (Å²) in [5, 5.41) is 0. The number of hydrogen-bond acceptors (Lipinski definition) is 2. The number of anilines is 1. The van der Waals surface area contributed by atoms with E-state index in [0.29, 0.717) is 18.2 Å². The lowest BCUT2D eigenvalue weighted by Crippen LogP contribution is -2.47. The third-order valence-electron chi connectivity index (χ3n) is 4.14. The Morgan fingerprint density at radius 1 is 1.18 bits per heavy atom. The zero-order valence-electron chi connectivity index (χ0n) is 11.2. The topological polar surface area (TPSA) is 20.3 Å². The first-order chi connectivity index (χ1) is 8.00. The molecule has 2 atom stereocenters. The van der Waals surface area contributed by atoms with E-state index < -0.39 is 0 Å². The average molecular weight is 231 g/mol. The van der Waals surface area contributed by atoms with Gasteiger partial charge in [-0.15, -0.1) is 0 Å². The van der Waals surface area contributed by atoms with Crippen LogP contribution in [0, 0.1) is 19.8 Å². The average Bonchev–Trinajstić information content (AvgIpc) is 2.30. The van der Waals surface area contributed by atoms with Gasteiger partial charge in [0.25, 0.3) is 0 Å². The highest BCUT2D eigenvalue weighted by molar-refractivity contribution is 5.84. The lowest BCUT2D eigenvalue weighted by Gasteiger charge is -2.39. The number of rotatable bonds is 1. The largest absolute Gasteiger partial charge is 0.368 e. The number of benzene rings is 1. The standard InChI is InChI=1S/C15H21NO/c1-10-5-6-14(9-11(10)2)16-8-7-15(17)12(3)13(16)4/h5-6,9,12-13H,7-8H2,1-4H3. The minimum absolute atomic E-state index is 0.144. The monoisotopic (exact) mass is 231 g/mol. The van der Waals surface area contributed by atoms with Gasteiger partial charge >= 0.3 is 0 Å². The van der Waals surface area contributed by atoms with E-state index >= 15 is 0 Å². The highest BCUT2D eigenvalue weighted by Gasteiger charge is 2.30. The second-order valence-electron chi connectivity index (χ2n) is 5.21. The van der Waals surface area contributed by atoms with Crippen LogP contribution in [0.15, 0.2) is 18.2 Å². The van der Waals surface area contributed by atoms with Gasteiger partial charge in [0.15, 0.2) is 0 Å². The lowest BCUT2D eigenvalue weighted by molar-refractivity contribution is -0.123. The van der Waals surface area contributed by atoms with Gasteiger partial charge in [0.2, 0.25) is 0 Å². The van der Waals surface area contributed by atoms with Crippen molar-refractivity contribution in [1.82, 2.24) is 0 Å². The maximum Gasteiger partial charge on any atom is 0.139 e. The van der Waals surface area contributed by atoms with Crippen molar-refractivity contribution in [3.05, 3.63) is 29.3 Å². The van der Waals surface area contributed by atoms with Gasteiger partial charge in [0.05, 0.1) is 0 Å². The lowest BCUT2D eigenvalue weighted by atomic mass is 9.90. The first kappa shape index (κ1) is 12.2. The fourth-order valence-corrected chi connectivity index (χ4v) is 2.47. The number of piperidine rings is 1. The van der Waals surface area contributed by atoms with Crippen molar-refractivity contribution in [3.8, 4) is 0 Å². The molecule has 0 N–H and O–H groups in total. The van der Waals surface area contributed by atoms with Crippen LogP contribution in [0.1, 0.15) is 31.4 Å². The van der Waals surface area contributed by atoms with Crippen LogP contribution in [0.4, 0.5) is 5.69 Å². The number of carbonyl (C=O) groups excluding carboxylic acids is 1. The van der Waals surface area contributed by atoms with Gasteiger partial charge in [-0.25, -0.2) is 0 Å². The van der Waals surface area contributed by atoms with E-state index in [1.165, 1.54) is 16.8 Å². The predicted octanol–water partition coefficient (Wildman–Crippen LogP) is 3.11. The fraction of sp³-hybridized carbons (Fsp3) is 0.533. The van der Waals surface area contributed by atoms with E-state index in [4.69, 9.17) is 0 Å². The van der Waals surface area contributed by atoms with Crippen LogP contribution in [-0.2, 0) is 4.79 Å². The van der Waals surface area contributed by atoms with E-state index in [9.17, 15) is 4.79 Å². The molecule has 0 spiro atoms. The van der Waals surface area contributed by atoms with E-state index in [-0.39, 0.29) is 5.92 Å². The summed E-state index contributed by atoms with van der Waals surface area (Å²) in [4.78, 5) is 14.0. The van der Waals surface area contributed by atoms with E-state index in [2.05, 4.69) is 43.9 Å². The summed E-state index contributed by atoms with van der Waals surface area (Å²) in [5.74, 6) is 0.544. The molecule has 2 heteroatoms. The van der Waals surface area contributed by atoms with Crippen LogP contribution in [0.3, 0.4) is 0 Å². The van der Waals surface area contributed by atoms with Gasteiger partial charge in [-0.3, -0.25) is 4.79 Å². The molecule has 2 nitrogen and oxygen atoms in total. The number of nitrogens with zero attached hydrogens (tertiary/aromatic N) is 1. The maximum absolute atomic E-state index is 11.7. The van der Waals surface area contributed by atoms with Crippen molar-refractivity contribution < 1.29 is 4.79 Å². The molecule has 17 heavy (non-hydrogen) atoms. The Morgan fingerprint density at radius 3 is 2.53 bits per heavy atom. The predicted molar refractivity (Wildman–Crippen MR) is 71.5 cm³/mol. The van der Waals surface area contributed by atoms with Crippen LogP contribution < -0.4 is 4.90 Å². The molecule has 1 heterocycles. The van der Waals surface area contributed by atoms with E-state index in [0.717, 1.165) is 6.54 Å². The number of hydrogen-bond donors (Lipinski definition) is 0. The van der Waals surface area contributed by atoms with Crippen molar-refractivity contribution in [1.29, 1.82) is 0 Å². The zero-order valence-corrected chi connectivity index (χ0v) is 11.2. The van der Waals surface area contributed by atoms with Gasteiger partial charge in [-0.05, 0) is 44.0 Å². The molecule has 0 radical (unpaired) electrons. The second kappa shape index (κ2) is 4.52. The van der Waals surface area contributed by atoms with Crippen molar-refractivity contribution in [2.24, 2.45) is 5.92 Å². The molecule has 0 amide bonds. The van der Waals surface area contributed by atoms with Crippen molar-refractivity contribution in [2.45, 2.75) is 40.2 Å². The van der Waals surface area contributed by atoms with E-state index in [1.54, 1.807) is 0 Å². The minimum Gasteiger partial charge on any atom is -0.368 e. The summed E-state index contributed by atoms with van der Waals surface area (Å²) in [7, 11) is 0. The summed E-state index contributed by atoms with van der Waals surface area (Å²) < 4.78 is 0. The van der Waals surface area contributed by atoms with Crippen LogP contribution in [0.2, 0.25) is 0 Å². The van der Waals surface area contributed by atoms with Gasteiger partial charge in [0, 0.05) is 30.6 Å². The normalized spacial score (nSPS) is 25.2. The Labute approximate surface area is 104 Å². The zero-order chi connectivity index (χ0) is 12.6. The third kappa shape index (κ3) is 2.21. The van der Waals surface area contributed by atoms with Gasteiger partial charge in [-0.1, -0.05) is 13.0 Å². The summed E-state index contributed by atoms with van der Waals surface area (Å²) in [6.07, 6.45) is 0.679. The Bertz CT molecular complexity index is 439. The Hall–Kier alpha value is -1.31.